The number of nitriles is 1. The molecule has 0 bridgehead atoms. The zero-order chi connectivity index (χ0) is 15.3. The molecule has 0 aromatic heterocycles. The van der Waals surface area contributed by atoms with E-state index in [2.05, 4.69) is 0 Å². The molecule has 3 rings (SSSR count). The summed E-state index contributed by atoms with van der Waals surface area (Å²) in [6, 6.07) is 3.29. The number of carbonyl (C=O) groups is 2. The first-order chi connectivity index (χ1) is 9.97. The van der Waals surface area contributed by atoms with E-state index in [-0.39, 0.29) is 22.6 Å². The number of aromatic hydroxyl groups is 1. The van der Waals surface area contributed by atoms with Crippen LogP contribution in [0.25, 0.3) is 0 Å². The van der Waals surface area contributed by atoms with Gasteiger partial charge in [0, 0.05) is 12.1 Å². The average molecular weight is 287 g/mol. The quantitative estimate of drug-likeness (QED) is 0.731. The number of carbonyl (C=O) groups excluding carboxylic acids is 2. The Balaban J connectivity index is 2.07. The number of phenols is 1. The third kappa shape index (κ3) is 1.69. The summed E-state index contributed by atoms with van der Waals surface area (Å²) in [5, 5.41) is 28.6. The van der Waals surface area contributed by atoms with Crippen LogP contribution in [0.15, 0.2) is 12.1 Å². The number of aliphatic hydroxyl groups is 1. The molecule has 2 atom stereocenters. The maximum atomic E-state index is 12.4. The maximum absolute atomic E-state index is 12.4. The molecule has 1 aromatic carbocycles. The van der Waals surface area contributed by atoms with Crippen molar-refractivity contribution in [3.05, 3.63) is 23.3 Å². The lowest BCUT2D eigenvalue weighted by Crippen LogP contribution is -2.36. The second-order valence-electron chi connectivity index (χ2n) is 5.17. The minimum atomic E-state index is -0.862. The molecule has 2 N–H and O–H groups in total. The smallest absolute Gasteiger partial charge is 0.332 e. The van der Waals surface area contributed by atoms with Gasteiger partial charge >= 0.3 is 6.03 Å². The van der Waals surface area contributed by atoms with Crippen molar-refractivity contribution in [1.29, 1.82) is 5.26 Å². The van der Waals surface area contributed by atoms with Gasteiger partial charge in [0.2, 0.25) is 0 Å². The number of anilines is 1. The maximum Gasteiger partial charge on any atom is 0.332 e. The van der Waals surface area contributed by atoms with Gasteiger partial charge in [0.1, 0.15) is 17.9 Å². The number of imide groups is 1. The molecule has 0 radical (unpaired) electrons. The number of urea groups is 1. The van der Waals surface area contributed by atoms with Gasteiger partial charge < -0.3 is 15.1 Å². The van der Waals surface area contributed by atoms with E-state index in [0.717, 1.165) is 4.90 Å². The van der Waals surface area contributed by atoms with Crippen LogP contribution >= 0.6 is 0 Å². The van der Waals surface area contributed by atoms with Crippen LogP contribution in [0.5, 0.6) is 5.75 Å². The molecule has 1 unspecified atom stereocenters. The predicted molar refractivity (Wildman–Crippen MR) is 71.6 cm³/mol. The van der Waals surface area contributed by atoms with Gasteiger partial charge in [-0.1, -0.05) is 0 Å². The highest BCUT2D eigenvalue weighted by atomic mass is 16.3. The molecule has 0 spiro atoms. The highest BCUT2D eigenvalue weighted by Crippen LogP contribution is 2.36. The van der Waals surface area contributed by atoms with Crippen molar-refractivity contribution in [3.8, 4) is 11.8 Å². The second-order valence-corrected chi connectivity index (χ2v) is 5.17. The summed E-state index contributed by atoms with van der Waals surface area (Å²) in [5.74, 6) is -0.750. The van der Waals surface area contributed by atoms with Crippen LogP contribution in [0.4, 0.5) is 10.5 Å². The fraction of sp³-hybridized carbons (Fsp3) is 0.357. The van der Waals surface area contributed by atoms with Gasteiger partial charge in [-0.3, -0.25) is 4.79 Å². The summed E-state index contributed by atoms with van der Waals surface area (Å²) >= 11 is 0. The van der Waals surface area contributed by atoms with Gasteiger partial charge in [0.15, 0.2) is 0 Å². The van der Waals surface area contributed by atoms with Crippen molar-refractivity contribution in [2.24, 2.45) is 0 Å². The Morgan fingerprint density at radius 3 is 2.71 bits per heavy atom. The van der Waals surface area contributed by atoms with Crippen LogP contribution in [-0.2, 0) is 4.79 Å². The molecule has 2 aliphatic rings. The van der Waals surface area contributed by atoms with Crippen molar-refractivity contribution in [1.82, 2.24) is 4.90 Å². The molecule has 21 heavy (non-hydrogen) atoms. The van der Waals surface area contributed by atoms with Crippen molar-refractivity contribution in [2.75, 3.05) is 11.4 Å². The summed E-state index contributed by atoms with van der Waals surface area (Å²) in [6.45, 7) is 1.86. The van der Waals surface area contributed by atoms with E-state index in [0.29, 0.717) is 13.0 Å². The largest absolute Gasteiger partial charge is 0.506 e. The first kappa shape index (κ1) is 13.4. The van der Waals surface area contributed by atoms with Gasteiger partial charge in [0.05, 0.1) is 17.4 Å². The van der Waals surface area contributed by atoms with Gasteiger partial charge in [-0.15, -0.1) is 0 Å². The first-order valence-corrected chi connectivity index (χ1v) is 6.52. The van der Waals surface area contributed by atoms with E-state index in [1.54, 1.807) is 0 Å². The lowest BCUT2D eigenvalue weighted by molar-refractivity contribution is -0.121. The molecule has 2 saturated heterocycles. The molecule has 0 aliphatic carbocycles. The molecular weight excluding hydrogens is 274 g/mol. The van der Waals surface area contributed by atoms with E-state index in [4.69, 9.17) is 5.26 Å². The van der Waals surface area contributed by atoms with E-state index < -0.39 is 24.1 Å². The molecule has 108 valence electrons. The van der Waals surface area contributed by atoms with Crippen molar-refractivity contribution < 1.29 is 19.8 Å². The standard InChI is InChI=1S/C14H13N3O4/c1-7-9(3-2-8(6-15)12(7)19)17-13(20)11-10(18)4-5-16(11)14(17)21/h2-3,10-11,18-19H,4-5H2,1H3/t10?,11-/m0/s1. The van der Waals surface area contributed by atoms with Crippen LogP contribution in [0.3, 0.4) is 0 Å². The summed E-state index contributed by atoms with van der Waals surface area (Å²) in [6.07, 6.45) is -0.480. The van der Waals surface area contributed by atoms with Crippen LogP contribution < -0.4 is 4.90 Å². The number of phenolic OH excluding ortho intramolecular Hbond substituents is 1. The Kier molecular flexibility index (Phi) is 2.85. The molecule has 1 aromatic rings. The van der Waals surface area contributed by atoms with Gasteiger partial charge in [-0.25, -0.2) is 9.69 Å². The van der Waals surface area contributed by atoms with E-state index in [1.807, 2.05) is 6.07 Å². The Morgan fingerprint density at radius 1 is 1.38 bits per heavy atom. The minimum absolute atomic E-state index is 0.0795. The third-order valence-corrected chi connectivity index (χ3v) is 4.04. The number of fused-ring (bicyclic) bond motifs is 1. The fourth-order valence-corrected chi connectivity index (χ4v) is 2.89. The zero-order valence-corrected chi connectivity index (χ0v) is 11.3. The fourth-order valence-electron chi connectivity index (χ4n) is 2.89. The van der Waals surface area contributed by atoms with E-state index in [1.165, 1.54) is 24.0 Å². The van der Waals surface area contributed by atoms with E-state index in [9.17, 15) is 19.8 Å². The van der Waals surface area contributed by atoms with Crippen molar-refractivity contribution in [3.63, 3.8) is 0 Å². The zero-order valence-electron chi connectivity index (χ0n) is 11.3. The average Bonchev–Trinajstić information content (AvgIpc) is 2.95. The molecule has 7 nitrogen and oxygen atoms in total. The Bertz CT molecular complexity index is 694. The lowest BCUT2D eigenvalue weighted by atomic mass is 10.1. The van der Waals surface area contributed by atoms with Crippen LogP contribution in [0.2, 0.25) is 0 Å². The molecule has 2 aliphatic heterocycles. The minimum Gasteiger partial charge on any atom is -0.506 e. The van der Waals surface area contributed by atoms with Gasteiger partial charge in [-0.2, -0.15) is 5.26 Å². The monoisotopic (exact) mass is 287 g/mol. The highest BCUT2D eigenvalue weighted by molar-refractivity contribution is 6.22. The first-order valence-electron chi connectivity index (χ1n) is 6.52. The van der Waals surface area contributed by atoms with Crippen LogP contribution in [-0.4, -0.2) is 45.7 Å². The number of amides is 3. The molecule has 2 heterocycles. The van der Waals surface area contributed by atoms with E-state index >= 15 is 0 Å². The Hall–Kier alpha value is -2.59. The van der Waals surface area contributed by atoms with Gasteiger partial charge in [0.25, 0.3) is 5.91 Å². The molecular formula is C14H13N3O4. The summed E-state index contributed by atoms with van der Waals surface area (Å²) in [4.78, 5) is 27.0. The van der Waals surface area contributed by atoms with Crippen LogP contribution in [0.1, 0.15) is 17.5 Å². The number of aliphatic hydroxyl groups excluding tert-OH is 1. The SMILES string of the molecule is Cc1c(N2C(=O)[C@@H]3C(O)CCN3C2=O)ccc(C#N)c1O. The normalized spacial score (nSPS) is 24.4. The van der Waals surface area contributed by atoms with Gasteiger partial charge in [-0.05, 0) is 25.5 Å². The summed E-state index contributed by atoms with van der Waals surface area (Å²) in [5.41, 5.74) is 0.602. The lowest BCUT2D eigenvalue weighted by Gasteiger charge is -2.18. The number of benzene rings is 1. The molecule has 2 fully saturated rings. The Labute approximate surface area is 120 Å². The number of hydrogen-bond donors (Lipinski definition) is 2. The second kappa shape index (κ2) is 4.46. The molecule has 3 amide bonds. The molecule has 7 heteroatoms. The Morgan fingerprint density at radius 2 is 2.10 bits per heavy atom. The predicted octanol–water partition coefficient (Wildman–Crippen LogP) is 0.474. The number of nitrogens with zero attached hydrogens (tertiary/aromatic N) is 3. The number of hydrogen-bond acceptors (Lipinski definition) is 5. The van der Waals surface area contributed by atoms with Crippen molar-refractivity contribution >= 4 is 17.6 Å². The van der Waals surface area contributed by atoms with Crippen molar-refractivity contribution in [2.45, 2.75) is 25.5 Å². The summed E-state index contributed by atoms with van der Waals surface area (Å²) in [7, 11) is 0. The number of rotatable bonds is 1. The van der Waals surface area contributed by atoms with Crippen LogP contribution in [0, 0.1) is 18.3 Å². The molecule has 0 saturated carbocycles. The third-order valence-electron chi connectivity index (χ3n) is 4.04. The summed E-state index contributed by atoms with van der Waals surface area (Å²) < 4.78 is 0. The topological polar surface area (TPSA) is 105 Å². The highest BCUT2D eigenvalue weighted by Gasteiger charge is 2.52.